The van der Waals surface area contributed by atoms with Crippen molar-refractivity contribution in [2.75, 3.05) is 14.1 Å². The quantitative estimate of drug-likeness (QED) is 0.231. The Morgan fingerprint density at radius 3 is 2.54 bits per heavy atom. The van der Waals surface area contributed by atoms with Gasteiger partial charge in [0.25, 0.3) is 0 Å². The highest BCUT2D eigenvalue weighted by Crippen LogP contribution is 2.32. The van der Waals surface area contributed by atoms with E-state index in [1.54, 1.807) is 6.07 Å². The van der Waals surface area contributed by atoms with Crippen LogP contribution in [0.4, 0.5) is 10.1 Å². The number of benzene rings is 3. The van der Waals surface area contributed by atoms with E-state index >= 15 is 0 Å². The SMILES string of the molecule is CN(C)Cc1ccc(N=C(c2cccc(CNC(=O)C3CCCCC3)c2)c2c(O)[nH]c3cc(F)ccc23)cc1. The Balaban J connectivity index is 1.50. The maximum Gasteiger partial charge on any atom is 0.223 e. The average molecular weight is 527 g/mol. The molecule has 3 aromatic carbocycles. The smallest absolute Gasteiger partial charge is 0.223 e. The Hall–Kier alpha value is -3.97. The fourth-order valence-corrected chi connectivity index (χ4v) is 5.36. The highest BCUT2D eigenvalue weighted by molar-refractivity contribution is 6.21. The molecule has 7 heteroatoms. The van der Waals surface area contributed by atoms with Crippen LogP contribution in [0.2, 0.25) is 0 Å². The summed E-state index contributed by atoms with van der Waals surface area (Å²) in [6.45, 7) is 1.24. The van der Waals surface area contributed by atoms with Crippen molar-refractivity contribution in [2.24, 2.45) is 10.9 Å². The van der Waals surface area contributed by atoms with Gasteiger partial charge in [0, 0.05) is 30.0 Å². The zero-order valence-corrected chi connectivity index (χ0v) is 22.5. The summed E-state index contributed by atoms with van der Waals surface area (Å²) in [4.78, 5) is 22.7. The summed E-state index contributed by atoms with van der Waals surface area (Å²) in [5.74, 6) is -0.253. The minimum Gasteiger partial charge on any atom is -0.494 e. The summed E-state index contributed by atoms with van der Waals surface area (Å²) in [6, 6.07) is 20.2. The number of aliphatic imine (C=N–C) groups is 1. The van der Waals surface area contributed by atoms with Crippen LogP contribution >= 0.6 is 0 Å². The van der Waals surface area contributed by atoms with Crippen LogP contribution in [0.3, 0.4) is 0 Å². The molecule has 0 aliphatic heterocycles. The van der Waals surface area contributed by atoms with Crippen LogP contribution in [0, 0.1) is 11.7 Å². The number of halogens is 1. The second-order valence-electron chi connectivity index (χ2n) is 10.7. The lowest BCUT2D eigenvalue weighted by molar-refractivity contribution is -0.126. The van der Waals surface area contributed by atoms with E-state index in [2.05, 4.69) is 15.2 Å². The van der Waals surface area contributed by atoms with Crippen molar-refractivity contribution in [3.05, 3.63) is 94.8 Å². The highest BCUT2D eigenvalue weighted by atomic mass is 19.1. The second kappa shape index (κ2) is 11.8. The van der Waals surface area contributed by atoms with Crippen LogP contribution in [0.25, 0.3) is 10.9 Å². The van der Waals surface area contributed by atoms with Gasteiger partial charge in [0.15, 0.2) is 5.88 Å². The molecule has 1 fully saturated rings. The molecule has 3 N–H and O–H groups in total. The molecular weight excluding hydrogens is 491 g/mol. The molecule has 39 heavy (non-hydrogen) atoms. The molecule has 202 valence electrons. The third kappa shape index (κ3) is 6.37. The largest absolute Gasteiger partial charge is 0.494 e. The topological polar surface area (TPSA) is 80.7 Å². The van der Waals surface area contributed by atoms with Crippen LogP contribution in [0.1, 0.15) is 54.4 Å². The zero-order chi connectivity index (χ0) is 27.4. The minimum atomic E-state index is -0.388. The lowest BCUT2D eigenvalue weighted by atomic mass is 9.88. The Kier molecular flexibility index (Phi) is 8.07. The Labute approximate surface area is 228 Å². The first-order valence-corrected chi connectivity index (χ1v) is 13.6. The van der Waals surface area contributed by atoms with Gasteiger partial charge in [-0.3, -0.25) is 4.79 Å². The number of aromatic hydroxyl groups is 1. The lowest BCUT2D eigenvalue weighted by Crippen LogP contribution is -2.31. The number of carbonyl (C=O) groups is 1. The Bertz CT molecular complexity index is 1480. The number of fused-ring (bicyclic) bond motifs is 1. The minimum absolute atomic E-state index is 0.0745. The summed E-state index contributed by atoms with van der Waals surface area (Å²) in [5, 5.41) is 14.7. The van der Waals surface area contributed by atoms with Crippen molar-refractivity contribution in [3.63, 3.8) is 0 Å². The van der Waals surface area contributed by atoms with E-state index < -0.39 is 0 Å². The van der Waals surface area contributed by atoms with Crippen molar-refractivity contribution in [1.29, 1.82) is 0 Å². The molecular formula is C32H35FN4O2. The van der Waals surface area contributed by atoms with Crippen LogP contribution < -0.4 is 5.32 Å². The monoisotopic (exact) mass is 526 g/mol. The number of rotatable bonds is 8. The molecule has 1 amide bonds. The van der Waals surface area contributed by atoms with Gasteiger partial charge in [-0.25, -0.2) is 9.38 Å². The van der Waals surface area contributed by atoms with Gasteiger partial charge in [0.05, 0.1) is 22.5 Å². The fourth-order valence-electron chi connectivity index (χ4n) is 5.36. The fraction of sp³-hybridized carbons (Fsp3) is 0.312. The number of aromatic amines is 1. The van der Waals surface area contributed by atoms with E-state index in [-0.39, 0.29) is 23.5 Å². The first-order valence-electron chi connectivity index (χ1n) is 13.6. The van der Waals surface area contributed by atoms with Crippen molar-refractivity contribution < 1.29 is 14.3 Å². The third-order valence-electron chi connectivity index (χ3n) is 7.30. The van der Waals surface area contributed by atoms with Gasteiger partial charge < -0.3 is 20.3 Å². The first kappa shape index (κ1) is 26.6. The van der Waals surface area contributed by atoms with Gasteiger partial charge in [-0.1, -0.05) is 49.6 Å². The average Bonchev–Trinajstić information content (AvgIpc) is 3.26. The lowest BCUT2D eigenvalue weighted by Gasteiger charge is -2.20. The summed E-state index contributed by atoms with van der Waals surface area (Å²) in [6.07, 6.45) is 5.34. The maximum absolute atomic E-state index is 13.9. The van der Waals surface area contributed by atoms with Crippen molar-refractivity contribution in [1.82, 2.24) is 15.2 Å². The molecule has 4 aromatic rings. The van der Waals surface area contributed by atoms with Gasteiger partial charge >= 0.3 is 0 Å². The van der Waals surface area contributed by atoms with Crippen LogP contribution in [0.15, 0.2) is 71.7 Å². The van der Waals surface area contributed by atoms with Crippen LogP contribution in [-0.4, -0.2) is 40.7 Å². The van der Waals surface area contributed by atoms with E-state index in [4.69, 9.17) is 4.99 Å². The van der Waals surface area contributed by atoms with E-state index in [0.29, 0.717) is 28.7 Å². The number of hydrogen-bond acceptors (Lipinski definition) is 4. The van der Waals surface area contributed by atoms with E-state index in [1.807, 2.05) is 62.6 Å². The summed E-state index contributed by atoms with van der Waals surface area (Å²) < 4.78 is 13.9. The van der Waals surface area contributed by atoms with Crippen LogP contribution in [-0.2, 0) is 17.9 Å². The molecule has 6 nitrogen and oxygen atoms in total. The molecule has 1 aromatic heterocycles. The van der Waals surface area contributed by atoms with Gasteiger partial charge in [-0.15, -0.1) is 0 Å². The van der Waals surface area contributed by atoms with Gasteiger partial charge in [0.1, 0.15) is 5.82 Å². The second-order valence-corrected chi connectivity index (χ2v) is 10.7. The molecule has 0 unspecified atom stereocenters. The van der Waals surface area contributed by atoms with Crippen molar-refractivity contribution in [3.8, 4) is 5.88 Å². The number of hydrogen-bond donors (Lipinski definition) is 3. The van der Waals surface area contributed by atoms with Gasteiger partial charge in [0.2, 0.25) is 5.91 Å². The number of carbonyl (C=O) groups excluding carboxylic acids is 1. The van der Waals surface area contributed by atoms with E-state index in [0.717, 1.165) is 49.0 Å². The molecule has 0 radical (unpaired) electrons. The molecule has 0 bridgehead atoms. The number of aromatic nitrogens is 1. The molecule has 0 atom stereocenters. The summed E-state index contributed by atoms with van der Waals surface area (Å²) in [5.41, 5.74) is 5.19. The standard InChI is InChI=1S/C32H35FN4O2/c1-37(2)20-21-11-14-26(15-12-21)35-30(29-27-16-13-25(33)18-28(27)36-32(29)39)24-10-6-7-22(17-24)19-34-31(38)23-8-4-3-5-9-23/h6-7,10-18,23,36,39H,3-5,8-9,19-20H2,1-2H3,(H,34,38). The number of H-pyrrole nitrogens is 1. The maximum atomic E-state index is 13.9. The predicted molar refractivity (Wildman–Crippen MR) is 154 cm³/mol. The molecule has 1 heterocycles. The van der Waals surface area contributed by atoms with Crippen molar-refractivity contribution in [2.45, 2.75) is 45.2 Å². The number of nitrogens with one attached hydrogen (secondary N) is 2. The first-order chi connectivity index (χ1) is 18.9. The number of nitrogens with zero attached hydrogens (tertiary/aromatic N) is 2. The molecule has 0 saturated heterocycles. The van der Waals surface area contributed by atoms with E-state index in [1.165, 1.54) is 24.1 Å². The zero-order valence-electron chi connectivity index (χ0n) is 22.5. The predicted octanol–water partition coefficient (Wildman–Crippen LogP) is 6.44. The van der Waals surface area contributed by atoms with E-state index in [9.17, 15) is 14.3 Å². The van der Waals surface area contributed by atoms with Crippen LogP contribution in [0.5, 0.6) is 5.88 Å². The summed E-state index contributed by atoms with van der Waals surface area (Å²) in [7, 11) is 4.05. The highest BCUT2D eigenvalue weighted by Gasteiger charge is 2.22. The summed E-state index contributed by atoms with van der Waals surface area (Å²) >= 11 is 0. The van der Waals surface area contributed by atoms with Gasteiger partial charge in [-0.2, -0.15) is 0 Å². The van der Waals surface area contributed by atoms with Crippen molar-refractivity contribution >= 4 is 28.2 Å². The Morgan fingerprint density at radius 1 is 1.03 bits per heavy atom. The normalized spacial score (nSPS) is 14.7. The van der Waals surface area contributed by atoms with Gasteiger partial charge in [-0.05, 0) is 74.5 Å². The molecule has 5 rings (SSSR count). The molecule has 0 spiro atoms. The number of amides is 1. The Morgan fingerprint density at radius 2 is 1.79 bits per heavy atom. The molecule has 1 saturated carbocycles. The third-order valence-corrected chi connectivity index (χ3v) is 7.30. The molecule has 1 aliphatic carbocycles. The molecule has 1 aliphatic rings.